The van der Waals surface area contributed by atoms with Crippen molar-refractivity contribution in [2.45, 2.75) is 18.2 Å². The number of halogens is 2. The van der Waals surface area contributed by atoms with Crippen LogP contribution in [0.5, 0.6) is 0 Å². The van der Waals surface area contributed by atoms with Crippen molar-refractivity contribution in [2.75, 3.05) is 11.9 Å². The van der Waals surface area contributed by atoms with Crippen LogP contribution >= 0.6 is 23.2 Å². The molecule has 0 saturated heterocycles. The molecule has 0 aliphatic heterocycles. The summed E-state index contributed by atoms with van der Waals surface area (Å²) in [6.07, 6.45) is 0.814. The van der Waals surface area contributed by atoms with Gasteiger partial charge in [0.05, 0.1) is 27.2 Å². The highest BCUT2D eigenvalue weighted by molar-refractivity contribution is 7.89. The Morgan fingerprint density at radius 1 is 1.04 bits per heavy atom. The van der Waals surface area contributed by atoms with Crippen molar-refractivity contribution >= 4 is 44.8 Å². The molecule has 0 bridgehead atoms. The molecule has 0 heterocycles. The Bertz CT molecular complexity index is 817. The average molecular weight is 387 g/mol. The minimum Gasteiger partial charge on any atom is -0.322 e. The van der Waals surface area contributed by atoms with E-state index in [9.17, 15) is 13.2 Å². The molecule has 0 spiro atoms. The van der Waals surface area contributed by atoms with Crippen LogP contribution in [0.15, 0.2) is 47.4 Å². The van der Waals surface area contributed by atoms with Crippen LogP contribution in [-0.4, -0.2) is 20.9 Å². The molecule has 0 fully saturated rings. The molecule has 2 aromatic carbocycles. The maximum Gasteiger partial charge on any atom is 0.241 e. The number of rotatable bonds is 6. The van der Waals surface area contributed by atoms with E-state index in [1.807, 2.05) is 6.92 Å². The second kappa shape index (κ2) is 7.98. The van der Waals surface area contributed by atoms with E-state index in [0.29, 0.717) is 0 Å². The molecule has 2 aromatic rings. The van der Waals surface area contributed by atoms with Crippen LogP contribution in [0.3, 0.4) is 0 Å². The number of amides is 1. The smallest absolute Gasteiger partial charge is 0.241 e. The molecule has 2 N–H and O–H groups in total. The van der Waals surface area contributed by atoms with Gasteiger partial charge >= 0.3 is 0 Å². The summed E-state index contributed by atoms with van der Waals surface area (Å²) < 4.78 is 26.6. The lowest BCUT2D eigenvalue weighted by Crippen LogP contribution is -2.33. The summed E-state index contributed by atoms with van der Waals surface area (Å²) in [4.78, 5) is 12.0. The van der Waals surface area contributed by atoms with Gasteiger partial charge in [-0.05, 0) is 36.2 Å². The van der Waals surface area contributed by atoms with Gasteiger partial charge in [-0.15, -0.1) is 0 Å². The first-order valence-electron chi connectivity index (χ1n) is 7.16. The summed E-state index contributed by atoms with van der Waals surface area (Å²) in [5.41, 5.74) is 1.28. The Morgan fingerprint density at radius 2 is 1.62 bits per heavy atom. The molecule has 0 radical (unpaired) electrons. The Labute approximate surface area is 151 Å². The minimum absolute atomic E-state index is 0.100. The predicted molar refractivity (Wildman–Crippen MR) is 96.1 cm³/mol. The van der Waals surface area contributed by atoms with E-state index < -0.39 is 22.5 Å². The highest BCUT2D eigenvalue weighted by Crippen LogP contribution is 2.29. The summed E-state index contributed by atoms with van der Waals surface area (Å²) in [5, 5.41) is 3.04. The Morgan fingerprint density at radius 3 is 2.17 bits per heavy atom. The highest BCUT2D eigenvalue weighted by atomic mass is 35.5. The number of benzene rings is 2. The molecule has 0 atom stereocenters. The number of carbonyl (C=O) groups excluding carboxylic acids is 1. The van der Waals surface area contributed by atoms with Crippen LogP contribution in [0.2, 0.25) is 10.0 Å². The fourth-order valence-electron chi connectivity index (χ4n) is 1.95. The molecule has 0 aromatic heterocycles. The molecular weight excluding hydrogens is 371 g/mol. The zero-order valence-electron chi connectivity index (χ0n) is 12.8. The van der Waals surface area contributed by atoms with Gasteiger partial charge in [0.1, 0.15) is 0 Å². The quantitative estimate of drug-likeness (QED) is 0.797. The molecule has 0 aliphatic carbocycles. The standard InChI is InChI=1S/C16H16Cl2N2O3S/c1-2-11-6-8-12(9-7-11)24(22,23)19-10-15(21)20-16-13(17)4-3-5-14(16)18/h3-9,19H,2,10H2,1H3,(H,20,21). The van der Waals surface area contributed by atoms with E-state index in [4.69, 9.17) is 23.2 Å². The Hall–Kier alpha value is -1.60. The first kappa shape index (κ1) is 18.7. The van der Waals surface area contributed by atoms with Crippen LogP contribution in [0.4, 0.5) is 5.69 Å². The normalized spacial score (nSPS) is 11.3. The number of aryl methyl sites for hydroxylation is 1. The SMILES string of the molecule is CCc1ccc(S(=O)(=O)NCC(=O)Nc2c(Cl)cccc2Cl)cc1. The number of nitrogens with one attached hydrogen (secondary N) is 2. The van der Waals surface area contributed by atoms with E-state index in [2.05, 4.69) is 10.0 Å². The lowest BCUT2D eigenvalue weighted by molar-refractivity contribution is -0.115. The van der Waals surface area contributed by atoms with Gasteiger partial charge in [-0.1, -0.05) is 48.3 Å². The molecule has 24 heavy (non-hydrogen) atoms. The van der Waals surface area contributed by atoms with Crippen LogP contribution in [0, 0.1) is 0 Å². The third kappa shape index (κ3) is 4.70. The third-order valence-electron chi connectivity index (χ3n) is 3.29. The summed E-state index contributed by atoms with van der Waals surface area (Å²) in [7, 11) is -3.77. The predicted octanol–water partition coefficient (Wildman–Crippen LogP) is 3.47. The first-order chi connectivity index (χ1) is 11.3. The van der Waals surface area contributed by atoms with Gasteiger partial charge < -0.3 is 5.32 Å². The van der Waals surface area contributed by atoms with Crippen LogP contribution < -0.4 is 10.0 Å². The monoisotopic (exact) mass is 386 g/mol. The zero-order chi connectivity index (χ0) is 17.7. The van der Waals surface area contributed by atoms with Gasteiger partial charge in [0.2, 0.25) is 15.9 Å². The summed E-state index contributed by atoms with van der Waals surface area (Å²) in [6, 6.07) is 11.3. The van der Waals surface area contributed by atoms with Crippen LogP contribution in [0.25, 0.3) is 0 Å². The Kier molecular flexibility index (Phi) is 6.23. The van der Waals surface area contributed by atoms with Crippen LogP contribution in [-0.2, 0) is 21.2 Å². The second-order valence-electron chi connectivity index (χ2n) is 4.97. The van der Waals surface area contributed by atoms with Crippen LogP contribution in [0.1, 0.15) is 12.5 Å². The van der Waals surface area contributed by atoms with Gasteiger partial charge in [-0.25, -0.2) is 13.1 Å². The van der Waals surface area contributed by atoms with E-state index in [1.54, 1.807) is 30.3 Å². The molecule has 0 saturated carbocycles. The van der Waals surface area contributed by atoms with Crippen molar-refractivity contribution < 1.29 is 13.2 Å². The zero-order valence-corrected chi connectivity index (χ0v) is 15.2. The average Bonchev–Trinajstić information content (AvgIpc) is 2.56. The summed E-state index contributed by atoms with van der Waals surface area (Å²) >= 11 is 11.9. The van der Waals surface area contributed by atoms with Crippen molar-refractivity contribution in [1.29, 1.82) is 0 Å². The van der Waals surface area contributed by atoms with Crippen molar-refractivity contribution in [3.63, 3.8) is 0 Å². The minimum atomic E-state index is -3.77. The molecule has 0 unspecified atom stereocenters. The second-order valence-corrected chi connectivity index (χ2v) is 7.55. The molecule has 128 valence electrons. The van der Waals surface area contributed by atoms with Gasteiger partial charge in [0.25, 0.3) is 0 Å². The largest absolute Gasteiger partial charge is 0.322 e. The number of hydrogen-bond acceptors (Lipinski definition) is 3. The van der Waals surface area contributed by atoms with Crippen molar-refractivity contribution in [3.8, 4) is 0 Å². The van der Waals surface area contributed by atoms with E-state index >= 15 is 0 Å². The maximum absolute atomic E-state index is 12.2. The summed E-state index contributed by atoms with van der Waals surface area (Å²) in [5.74, 6) is -0.571. The first-order valence-corrected chi connectivity index (χ1v) is 9.40. The maximum atomic E-state index is 12.2. The molecule has 0 aliphatic rings. The van der Waals surface area contributed by atoms with E-state index in [1.165, 1.54) is 12.1 Å². The summed E-state index contributed by atoms with van der Waals surface area (Å²) in [6.45, 7) is 1.55. The number of anilines is 1. The van der Waals surface area contributed by atoms with Gasteiger partial charge in [0.15, 0.2) is 0 Å². The third-order valence-corrected chi connectivity index (χ3v) is 5.34. The van der Waals surface area contributed by atoms with E-state index in [-0.39, 0.29) is 20.6 Å². The molecule has 5 nitrogen and oxygen atoms in total. The van der Waals surface area contributed by atoms with E-state index in [0.717, 1.165) is 12.0 Å². The van der Waals surface area contributed by atoms with Crippen molar-refractivity contribution in [2.24, 2.45) is 0 Å². The fourth-order valence-corrected chi connectivity index (χ4v) is 3.42. The number of carbonyl (C=O) groups is 1. The molecule has 1 amide bonds. The lowest BCUT2D eigenvalue weighted by Gasteiger charge is -2.10. The van der Waals surface area contributed by atoms with Crippen molar-refractivity contribution in [3.05, 3.63) is 58.1 Å². The molecule has 8 heteroatoms. The Balaban J connectivity index is 2.02. The highest BCUT2D eigenvalue weighted by Gasteiger charge is 2.16. The fraction of sp³-hybridized carbons (Fsp3) is 0.188. The van der Waals surface area contributed by atoms with Gasteiger partial charge in [-0.2, -0.15) is 0 Å². The lowest BCUT2D eigenvalue weighted by atomic mass is 10.2. The number of sulfonamides is 1. The van der Waals surface area contributed by atoms with Gasteiger partial charge in [-0.3, -0.25) is 4.79 Å². The molecular formula is C16H16Cl2N2O3S. The number of hydrogen-bond donors (Lipinski definition) is 2. The topological polar surface area (TPSA) is 75.3 Å². The van der Waals surface area contributed by atoms with Gasteiger partial charge in [0, 0.05) is 0 Å². The molecule has 2 rings (SSSR count). The number of para-hydroxylation sites is 1. The van der Waals surface area contributed by atoms with Crippen molar-refractivity contribution in [1.82, 2.24) is 4.72 Å².